The van der Waals surface area contributed by atoms with Crippen LogP contribution in [0.1, 0.15) is 130 Å². The Morgan fingerprint density at radius 1 is 0.906 bits per heavy atom. The van der Waals surface area contributed by atoms with Gasteiger partial charge in [0.05, 0.1) is 0 Å². The number of fused-ring (bicyclic) bond motifs is 5. The Hall–Kier alpha value is -0.860. The first kappa shape index (κ1) is 24.3. The van der Waals surface area contributed by atoms with Gasteiger partial charge in [-0.2, -0.15) is 0 Å². The maximum Gasteiger partial charge on any atom is 0.306 e. The lowest BCUT2D eigenvalue weighted by molar-refractivity contribution is -0.162. The van der Waals surface area contributed by atoms with Crippen LogP contribution < -0.4 is 0 Å². The van der Waals surface area contributed by atoms with Gasteiger partial charge in [0.2, 0.25) is 0 Å². The molecule has 0 N–H and O–H groups in total. The Bertz CT molecular complexity index is 671. The predicted octanol–water partition coefficient (Wildman–Crippen LogP) is 7.65. The SMILES string of the molecule is CCCCCCCCCC(=O)O[C@H]1CC[C@@]2(C)[C@@H](CC[C@H]3[C@H]4CCC(=O)[C@@]4(C)CC[C@@H]32)C1. The fraction of sp³-hybridized carbons (Fsp3) is 0.931. The van der Waals surface area contributed by atoms with E-state index >= 15 is 0 Å². The molecule has 4 aliphatic rings. The zero-order valence-corrected chi connectivity index (χ0v) is 21.1. The monoisotopic (exact) mass is 444 g/mol. The average Bonchev–Trinajstić information content (AvgIpc) is 3.08. The average molecular weight is 445 g/mol. The molecule has 7 atom stereocenters. The van der Waals surface area contributed by atoms with Gasteiger partial charge in [0.25, 0.3) is 0 Å². The lowest BCUT2D eigenvalue weighted by atomic mass is 9.45. The summed E-state index contributed by atoms with van der Waals surface area (Å²) in [5, 5.41) is 0. The van der Waals surface area contributed by atoms with E-state index in [0.717, 1.165) is 56.8 Å². The summed E-state index contributed by atoms with van der Waals surface area (Å²) in [4.78, 5) is 25.1. The highest BCUT2D eigenvalue weighted by Gasteiger charge is 2.60. The number of ether oxygens (including phenoxy) is 1. The maximum atomic E-state index is 12.6. The number of hydrogen-bond acceptors (Lipinski definition) is 3. The lowest BCUT2D eigenvalue weighted by Crippen LogP contribution is -2.54. The summed E-state index contributed by atoms with van der Waals surface area (Å²) in [6.07, 6.45) is 19.6. The molecule has 0 saturated heterocycles. The van der Waals surface area contributed by atoms with E-state index in [9.17, 15) is 9.59 Å². The number of esters is 1. The van der Waals surface area contributed by atoms with Crippen molar-refractivity contribution in [1.29, 1.82) is 0 Å². The van der Waals surface area contributed by atoms with Crippen molar-refractivity contribution in [3.8, 4) is 0 Å². The molecule has 3 heteroatoms. The van der Waals surface area contributed by atoms with Gasteiger partial charge in [0.1, 0.15) is 11.9 Å². The van der Waals surface area contributed by atoms with Gasteiger partial charge in [-0.15, -0.1) is 0 Å². The first-order valence-electron chi connectivity index (χ1n) is 14.1. The summed E-state index contributed by atoms with van der Waals surface area (Å²) in [5.74, 6) is 3.43. The van der Waals surface area contributed by atoms with Gasteiger partial charge in [-0.3, -0.25) is 9.59 Å². The number of rotatable bonds is 9. The van der Waals surface area contributed by atoms with E-state index in [1.807, 2.05) is 0 Å². The molecule has 0 unspecified atom stereocenters. The molecule has 4 saturated carbocycles. The van der Waals surface area contributed by atoms with Crippen molar-refractivity contribution in [1.82, 2.24) is 0 Å². The highest BCUT2D eigenvalue weighted by molar-refractivity contribution is 5.87. The molecule has 32 heavy (non-hydrogen) atoms. The van der Waals surface area contributed by atoms with Gasteiger partial charge in [-0.25, -0.2) is 0 Å². The number of ketones is 1. The van der Waals surface area contributed by atoms with Crippen LogP contribution in [0.2, 0.25) is 0 Å². The summed E-state index contributed by atoms with van der Waals surface area (Å²) < 4.78 is 5.98. The maximum absolute atomic E-state index is 12.6. The fourth-order valence-electron chi connectivity index (χ4n) is 8.57. The number of Topliss-reactive ketones (excluding diaryl/α,β-unsaturated/α-hetero) is 1. The Morgan fingerprint density at radius 2 is 1.66 bits per heavy atom. The summed E-state index contributed by atoms with van der Waals surface area (Å²) in [6.45, 7) is 7.07. The molecular weight excluding hydrogens is 396 g/mol. The summed E-state index contributed by atoms with van der Waals surface area (Å²) in [7, 11) is 0. The van der Waals surface area contributed by atoms with Crippen LogP contribution in [-0.2, 0) is 14.3 Å². The normalized spacial score (nSPS) is 41.0. The zero-order valence-electron chi connectivity index (χ0n) is 21.1. The smallest absolute Gasteiger partial charge is 0.306 e. The Kier molecular flexibility index (Phi) is 7.72. The molecule has 4 fully saturated rings. The van der Waals surface area contributed by atoms with Gasteiger partial charge in [0, 0.05) is 18.3 Å². The molecule has 0 aliphatic heterocycles. The van der Waals surface area contributed by atoms with E-state index in [1.54, 1.807) is 0 Å². The number of unbranched alkanes of at least 4 members (excludes halogenated alkanes) is 6. The zero-order chi connectivity index (χ0) is 22.8. The Balaban J connectivity index is 1.24. The Morgan fingerprint density at radius 3 is 2.44 bits per heavy atom. The largest absolute Gasteiger partial charge is 0.462 e. The van der Waals surface area contributed by atoms with Crippen molar-refractivity contribution in [3.05, 3.63) is 0 Å². The third-order valence-corrected chi connectivity index (χ3v) is 10.6. The molecule has 0 spiro atoms. The Labute approximate surface area is 196 Å². The van der Waals surface area contributed by atoms with Crippen molar-refractivity contribution in [2.75, 3.05) is 0 Å². The number of carbonyl (C=O) groups excluding carboxylic acids is 2. The molecule has 0 heterocycles. The van der Waals surface area contributed by atoms with Crippen molar-refractivity contribution < 1.29 is 14.3 Å². The second-order valence-corrected chi connectivity index (χ2v) is 12.3. The van der Waals surface area contributed by atoms with E-state index in [-0.39, 0.29) is 17.5 Å². The number of hydrogen-bond donors (Lipinski definition) is 0. The first-order chi connectivity index (χ1) is 15.4. The second-order valence-electron chi connectivity index (χ2n) is 12.3. The van der Waals surface area contributed by atoms with Gasteiger partial charge in [-0.05, 0) is 86.9 Å². The van der Waals surface area contributed by atoms with Crippen LogP contribution in [0, 0.1) is 34.5 Å². The van der Waals surface area contributed by atoms with Crippen molar-refractivity contribution >= 4 is 11.8 Å². The molecule has 182 valence electrons. The van der Waals surface area contributed by atoms with Crippen LogP contribution in [0.3, 0.4) is 0 Å². The summed E-state index contributed by atoms with van der Waals surface area (Å²) >= 11 is 0. The molecule has 3 nitrogen and oxygen atoms in total. The first-order valence-corrected chi connectivity index (χ1v) is 14.1. The predicted molar refractivity (Wildman–Crippen MR) is 129 cm³/mol. The molecular formula is C29H48O3. The second kappa shape index (κ2) is 10.2. The van der Waals surface area contributed by atoms with Crippen LogP contribution >= 0.6 is 0 Å². The van der Waals surface area contributed by atoms with E-state index < -0.39 is 0 Å². The summed E-state index contributed by atoms with van der Waals surface area (Å²) in [6, 6.07) is 0. The van der Waals surface area contributed by atoms with E-state index in [2.05, 4.69) is 20.8 Å². The van der Waals surface area contributed by atoms with Crippen molar-refractivity contribution in [3.63, 3.8) is 0 Å². The minimum Gasteiger partial charge on any atom is -0.462 e. The number of carbonyl (C=O) groups is 2. The third-order valence-electron chi connectivity index (χ3n) is 10.6. The molecule has 0 aromatic rings. The van der Waals surface area contributed by atoms with Crippen LogP contribution in [0.25, 0.3) is 0 Å². The minimum atomic E-state index is -0.0207. The highest BCUT2D eigenvalue weighted by atomic mass is 16.5. The molecule has 0 aromatic heterocycles. The topological polar surface area (TPSA) is 43.4 Å². The van der Waals surface area contributed by atoms with Crippen LogP contribution in [0.15, 0.2) is 0 Å². The summed E-state index contributed by atoms with van der Waals surface area (Å²) in [5.41, 5.74) is 0.365. The molecule has 0 aromatic carbocycles. The van der Waals surface area contributed by atoms with E-state index in [4.69, 9.17) is 4.74 Å². The molecule has 0 bridgehead atoms. The van der Waals surface area contributed by atoms with Gasteiger partial charge >= 0.3 is 5.97 Å². The van der Waals surface area contributed by atoms with Gasteiger partial charge < -0.3 is 4.74 Å². The minimum absolute atomic E-state index is 0.0207. The van der Waals surface area contributed by atoms with Crippen LogP contribution in [-0.4, -0.2) is 17.9 Å². The molecule has 4 aliphatic carbocycles. The highest BCUT2D eigenvalue weighted by Crippen LogP contribution is 2.65. The van der Waals surface area contributed by atoms with Crippen LogP contribution in [0.5, 0.6) is 0 Å². The third kappa shape index (κ3) is 4.69. The fourth-order valence-corrected chi connectivity index (χ4v) is 8.57. The van der Waals surface area contributed by atoms with Crippen molar-refractivity contribution in [2.45, 2.75) is 136 Å². The molecule has 0 amide bonds. The quantitative estimate of drug-likeness (QED) is 0.271. The lowest BCUT2D eigenvalue weighted by Gasteiger charge is -2.60. The van der Waals surface area contributed by atoms with Gasteiger partial charge in [0.15, 0.2) is 0 Å². The van der Waals surface area contributed by atoms with E-state index in [1.165, 1.54) is 57.8 Å². The van der Waals surface area contributed by atoms with Crippen molar-refractivity contribution in [2.24, 2.45) is 34.5 Å². The standard InChI is InChI=1S/C29H48O3/c1-4-5-6-7-8-9-10-11-27(31)32-22-16-18-28(2)21(20-22)12-13-23-24-14-15-26(30)29(24,3)19-17-25(23)28/h21-25H,4-20H2,1-3H3/t21-,22-,23-,24+,25-,28-,29-/m0/s1. The van der Waals surface area contributed by atoms with E-state index in [0.29, 0.717) is 29.5 Å². The molecule has 4 rings (SSSR count). The van der Waals surface area contributed by atoms with Crippen LogP contribution in [0.4, 0.5) is 0 Å². The van der Waals surface area contributed by atoms with Gasteiger partial charge in [-0.1, -0.05) is 59.3 Å². The molecule has 0 radical (unpaired) electrons.